The quantitative estimate of drug-likeness (QED) is 0.771. The second kappa shape index (κ2) is 6.92. The zero-order chi connectivity index (χ0) is 18.2. The van der Waals surface area contributed by atoms with Gasteiger partial charge in [0.2, 0.25) is 19.9 Å². The third-order valence-electron chi connectivity index (χ3n) is 5.19. The molecule has 3 rings (SSSR count). The summed E-state index contributed by atoms with van der Waals surface area (Å²) in [6, 6.07) is 4.07. The first-order valence-electron chi connectivity index (χ1n) is 8.38. The lowest BCUT2D eigenvalue weighted by atomic mass is 9.97. The highest BCUT2D eigenvalue weighted by Crippen LogP contribution is 2.38. The van der Waals surface area contributed by atoms with Crippen LogP contribution in [0, 0.1) is 5.92 Å². The Bertz CT molecular complexity index is 816. The molecule has 1 saturated heterocycles. The Balaban J connectivity index is 1.87. The maximum Gasteiger partial charge on any atom is 0.341 e. The van der Waals surface area contributed by atoms with E-state index in [1.807, 2.05) is 0 Å². The Morgan fingerprint density at radius 1 is 0.880 bits per heavy atom. The van der Waals surface area contributed by atoms with Crippen molar-refractivity contribution in [1.29, 1.82) is 0 Å². The molecule has 0 amide bonds. The number of hydrogen-bond acceptors (Lipinski definition) is 4. The highest BCUT2D eigenvalue weighted by Gasteiger charge is 2.40. The Morgan fingerprint density at radius 3 is 2.00 bits per heavy atom. The molecule has 1 atom stereocenters. The standard InChI is InChI=1S/C16H21F2NO4S2/c17-16(18)24(20,21)13-7-9-14(10-8-13)25(22,23)19-11-3-6-15(19)12-4-1-2-5-12/h7-10,12,15-16H,1-6,11H2/t15-/m0/s1. The first-order chi connectivity index (χ1) is 11.7. The summed E-state index contributed by atoms with van der Waals surface area (Å²) in [4.78, 5) is -0.624. The molecule has 0 aromatic heterocycles. The average molecular weight is 393 g/mol. The summed E-state index contributed by atoms with van der Waals surface area (Å²) in [6.07, 6.45) is 5.94. The molecule has 0 unspecified atom stereocenters. The minimum Gasteiger partial charge on any atom is -0.218 e. The number of hydrogen-bond donors (Lipinski definition) is 0. The molecule has 2 fully saturated rings. The van der Waals surface area contributed by atoms with E-state index in [1.54, 1.807) is 0 Å². The molecule has 1 aliphatic heterocycles. The maximum atomic E-state index is 12.9. The Kier molecular flexibility index (Phi) is 5.18. The van der Waals surface area contributed by atoms with Crippen molar-refractivity contribution in [3.8, 4) is 0 Å². The fraction of sp³-hybridized carbons (Fsp3) is 0.625. The Labute approximate surface area is 147 Å². The van der Waals surface area contributed by atoms with E-state index < -0.39 is 30.5 Å². The minimum absolute atomic E-state index is 0.0167. The highest BCUT2D eigenvalue weighted by molar-refractivity contribution is 7.91. The van der Waals surface area contributed by atoms with Gasteiger partial charge in [-0.15, -0.1) is 0 Å². The van der Waals surface area contributed by atoms with Gasteiger partial charge in [0.15, 0.2) is 0 Å². The minimum atomic E-state index is -4.72. The van der Waals surface area contributed by atoms with Gasteiger partial charge in [0.1, 0.15) is 0 Å². The van der Waals surface area contributed by atoms with E-state index >= 15 is 0 Å². The number of alkyl halides is 2. The van der Waals surface area contributed by atoms with Gasteiger partial charge in [-0.05, 0) is 55.9 Å². The number of halogens is 2. The molecule has 1 aromatic rings. The van der Waals surface area contributed by atoms with Crippen LogP contribution in [0.5, 0.6) is 0 Å². The molecule has 0 N–H and O–H groups in total. The van der Waals surface area contributed by atoms with E-state index in [1.165, 1.54) is 4.31 Å². The van der Waals surface area contributed by atoms with E-state index in [9.17, 15) is 25.6 Å². The van der Waals surface area contributed by atoms with E-state index in [0.717, 1.165) is 62.8 Å². The van der Waals surface area contributed by atoms with Crippen molar-refractivity contribution in [2.75, 3.05) is 6.54 Å². The van der Waals surface area contributed by atoms with Crippen LogP contribution in [0.4, 0.5) is 8.78 Å². The molecular weight excluding hydrogens is 372 g/mol. The van der Waals surface area contributed by atoms with Crippen LogP contribution in [-0.4, -0.2) is 39.5 Å². The van der Waals surface area contributed by atoms with Crippen LogP contribution in [0.1, 0.15) is 38.5 Å². The fourth-order valence-corrected chi connectivity index (χ4v) is 6.39. The Morgan fingerprint density at radius 2 is 1.44 bits per heavy atom. The topological polar surface area (TPSA) is 71.5 Å². The van der Waals surface area contributed by atoms with E-state index in [0.29, 0.717) is 12.5 Å². The molecule has 0 spiro atoms. The maximum absolute atomic E-state index is 12.9. The summed E-state index contributed by atoms with van der Waals surface area (Å²) in [5.41, 5.74) is 0. The van der Waals surface area contributed by atoms with Crippen molar-refractivity contribution in [3.05, 3.63) is 24.3 Å². The van der Waals surface area contributed by atoms with Gasteiger partial charge >= 0.3 is 5.76 Å². The summed E-state index contributed by atoms with van der Waals surface area (Å²) < 4.78 is 75.5. The van der Waals surface area contributed by atoms with Crippen LogP contribution >= 0.6 is 0 Å². The van der Waals surface area contributed by atoms with Crippen LogP contribution < -0.4 is 0 Å². The van der Waals surface area contributed by atoms with Crippen molar-refractivity contribution in [1.82, 2.24) is 4.31 Å². The second-order valence-electron chi connectivity index (χ2n) is 6.65. The van der Waals surface area contributed by atoms with Gasteiger partial charge < -0.3 is 0 Å². The highest BCUT2D eigenvalue weighted by atomic mass is 32.2. The Hall–Kier alpha value is -1.06. The number of benzene rings is 1. The van der Waals surface area contributed by atoms with Crippen molar-refractivity contribution in [2.24, 2.45) is 5.92 Å². The third-order valence-corrected chi connectivity index (χ3v) is 8.52. The van der Waals surface area contributed by atoms with Crippen LogP contribution in [0.2, 0.25) is 0 Å². The number of sulfonamides is 1. The molecular formula is C16H21F2NO4S2. The van der Waals surface area contributed by atoms with Gasteiger partial charge in [-0.3, -0.25) is 0 Å². The van der Waals surface area contributed by atoms with Crippen molar-refractivity contribution in [2.45, 2.75) is 60.1 Å². The summed E-state index contributed by atoms with van der Waals surface area (Å²) in [5, 5.41) is 0. The lowest BCUT2D eigenvalue weighted by molar-refractivity contribution is 0.234. The molecule has 2 aliphatic rings. The first kappa shape index (κ1) is 18.7. The van der Waals surface area contributed by atoms with Crippen molar-refractivity contribution >= 4 is 19.9 Å². The molecule has 1 aromatic carbocycles. The smallest absolute Gasteiger partial charge is 0.218 e. The van der Waals surface area contributed by atoms with Gasteiger partial charge in [0.05, 0.1) is 9.79 Å². The average Bonchev–Trinajstić information content (AvgIpc) is 3.25. The normalized spacial score (nSPS) is 23.6. The molecule has 1 aliphatic carbocycles. The zero-order valence-electron chi connectivity index (χ0n) is 13.6. The van der Waals surface area contributed by atoms with Crippen molar-refractivity contribution in [3.63, 3.8) is 0 Å². The number of rotatable bonds is 5. The van der Waals surface area contributed by atoms with Gasteiger partial charge in [-0.1, -0.05) is 12.8 Å². The van der Waals surface area contributed by atoms with E-state index in [2.05, 4.69) is 0 Å². The molecule has 0 bridgehead atoms. The summed E-state index contributed by atoms with van der Waals surface area (Å²) in [6.45, 7) is 0.445. The molecule has 25 heavy (non-hydrogen) atoms. The largest absolute Gasteiger partial charge is 0.341 e. The summed E-state index contributed by atoms with van der Waals surface area (Å²) in [7, 11) is -8.48. The summed E-state index contributed by atoms with van der Waals surface area (Å²) in [5.74, 6) is -3.16. The SMILES string of the molecule is O=S(=O)(c1ccc(S(=O)(=O)N2CCC[C@H]2C2CCCC2)cc1)C(F)F. The fourth-order valence-electron chi connectivity index (χ4n) is 3.92. The van der Waals surface area contributed by atoms with Gasteiger partial charge in [-0.25, -0.2) is 16.8 Å². The van der Waals surface area contributed by atoms with Crippen LogP contribution in [0.25, 0.3) is 0 Å². The first-order valence-corrected chi connectivity index (χ1v) is 11.4. The summed E-state index contributed by atoms with van der Waals surface area (Å²) >= 11 is 0. The molecule has 9 heteroatoms. The second-order valence-corrected chi connectivity index (χ2v) is 10.5. The third kappa shape index (κ3) is 3.46. The van der Waals surface area contributed by atoms with Gasteiger partial charge in [0, 0.05) is 12.6 Å². The predicted molar refractivity (Wildman–Crippen MR) is 88.5 cm³/mol. The molecule has 140 valence electrons. The van der Waals surface area contributed by atoms with Crippen LogP contribution in [-0.2, 0) is 19.9 Å². The number of nitrogens with zero attached hydrogens (tertiary/aromatic N) is 1. The van der Waals surface area contributed by atoms with E-state index in [4.69, 9.17) is 0 Å². The van der Waals surface area contributed by atoms with Crippen molar-refractivity contribution < 1.29 is 25.6 Å². The lowest BCUT2D eigenvalue weighted by Gasteiger charge is -2.28. The monoisotopic (exact) mass is 393 g/mol. The van der Waals surface area contributed by atoms with E-state index in [-0.39, 0.29) is 10.9 Å². The predicted octanol–water partition coefficient (Wildman–Crippen LogP) is 3.03. The molecule has 0 radical (unpaired) electrons. The van der Waals surface area contributed by atoms with Crippen LogP contribution in [0.3, 0.4) is 0 Å². The van der Waals surface area contributed by atoms with Gasteiger partial charge in [-0.2, -0.15) is 13.1 Å². The molecule has 1 heterocycles. The number of sulfone groups is 1. The molecule has 1 saturated carbocycles. The van der Waals surface area contributed by atoms with Gasteiger partial charge in [0.25, 0.3) is 0 Å². The zero-order valence-corrected chi connectivity index (χ0v) is 15.3. The lowest BCUT2D eigenvalue weighted by Crippen LogP contribution is -2.39. The van der Waals surface area contributed by atoms with Crippen LogP contribution in [0.15, 0.2) is 34.1 Å². The molecule has 5 nitrogen and oxygen atoms in total.